The molecule has 1 N–H and O–H groups in total. The first-order chi connectivity index (χ1) is 9.84. The van der Waals surface area contributed by atoms with E-state index in [0.29, 0.717) is 39.3 Å². The van der Waals surface area contributed by atoms with Gasteiger partial charge in [0.1, 0.15) is 5.82 Å². The van der Waals surface area contributed by atoms with Crippen LogP contribution in [-0.4, -0.2) is 48.6 Å². The minimum absolute atomic E-state index is 0.179. The maximum atomic E-state index is 12.0. The van der Waals surface area contributed by atoms with Gasteiger partial charge in [0.05, 0.1) is 13.2 Å². The van der Waals surface area contributed by atoms with Crippen molar-refractivity contribution in [2.45, 2.75) is 6.42 Å². The van der Waals surface area contributed by atoms with Crippen molar-refractivity contribution < 1.29 is 9.53 Å². The van der Waals surface area contributed by atoms with Crippen molar-refractivity contribution in [3.8, 4) is 0 Å². The monoisotopic (exact) mass is 291 g/mol. The van der Waals surface area contributed by atoms with E-state index in [4.69, 9.17) is 4.74 Å². The smallest absolute Gasteiger partial charge is 0.224 e. The van der Waals surface area contributed by atoms with Crippen LogP contribution < -0.4 is 5.32 Å². The lowest BCUT2D eigenvalue weighted by atomic mass is 10.3. The molecule has 0 radical (unpaired) electrons. The zero-order valence-corrected chi connectivity index (χ0v) is 12.0. The summed E-state index contributed by atoms with van der Waals surface area (Å²) < 4.78 is 6.45. The molecule has 1 aliphatic heterocycles. The van der Waals surface area contributed by atoms with Crippen molar-refractivity contribution in [2.75, 3.05) is 38.2 Å². The van der Waals surface area contributed by atoms with Crippen LogP contribution in [0.4, 0.5) is 5.82 Å². The average molecular weight is 291 g/mol. The Morgan fingerprint density at radius 3 is 3.10 bits per heavy atom. The fraction of sp³-hybridized carbons (Fsp3) is 0.429. The molecular weight excluding hydrogens is 274 g/mol. The number of carbonyl (C=O) groups is 1. The predicted molar refractivity (Wildman–Crippen MR) is 80.1 cm³/mol. The van der Waals surface area contributed by atoms with E-state index in [0.717, 1.165) is 11.2 Å². The van der Waals surface area contributed by atoms with E-state index >= 15 is 0 Å². The van der Waals surface area contributed by atoms with Crippen LogP contribution in [0.2, 0.25) is 0 Å². The molecule has 1 saturated heterocycles. The predicted octanol–water partition coefficient (Wildman–Crippen LogP) is 1.96. The number of nitrogens with one attached hydrogen (secondary N) is 1. The first-order valence-electron chi connectivity index (χ1n) is 6.76. The Morgan fingerprint density at radius 1 is 1.40 bits per heavy atom. The number of ether oxygens (including phenoxy) is 1. The fourth-order valence-corrected chi connectivity index (χ4v) is 3.08. The molecule has 6 heteroatoms. The van der Waals surface area contributed by atoms with Gasteiger partial charge in [0.15, 0.2) is 0 Å². The Labute approximate surface area is 121 Å². The summed E-state index contributed by atoms with van der Waals surface area (Å²) in [7, 11) is 0. The summed E-state index contributed by atoms with van der Waals surface area (Å²) in [4.78, 5) is 18.2. The van der Waals surface area contributed by atoms with Gasteiger partial charge < -0.3 is 15.0 Å². The van der Waals surface area contributed by atoms with Crippen molar-refractivity contribution in [1.29, 1.82) is 0 Å². The maximum absolute atomic E-state index is 12.0. The van der Waals surface area contributed by atoms with Gasteiger partial charge in [-0.3, -0.25) is 4.79 Å². The zero-order chi connectivity index (χ0) is 13.8. The van der Waals surface area contributed by atoms with E-state index in [-0.39, 0.29) is 5.91 Å². The lowest BCUT2D eigenvalue weighted by Crippen LogP contribution is -2.41. The van der Waals surface area contributed by atoms with Crippen LogP contribution in [0.15, 0.2) is 23.7 Å². The van der Waals surface area contributed by atoms with Gasteiger partial charge in [0.2, 0.25) is 5.91 Å². The summed E-state index contributed by atoms with van der Waals surface area (Å²) in [6.45, 7) is 3.32. The molecule has 5 nitrogen and oxygen atoms in total. The third kappa shape index (κ3) is 2.91. The second kappa shape index (κ2) is 6.19. The molecular formula is C14H17N3O2S. The molecule has 3 rings (SSSR count). The number of hydrogen-bond acceptors (Lipinski definition) is 5. The highest BCUT2D eigenvalue weighted by Crippen LogP contribution is 2.25. The summed E-state index contributed by atoms with van der Waals surface area (Å²) in [6, 6.07) is 4.06. The number of anilines is 1. The SMILES string of the molecule is O=C(CCNc1nccc2sccc12)N1CCOCC1. The van der Waals surface area contributed by atoms with Gasteiger partial charge in [0.25, 0.3) is 0 Å². The number of nitrogens with zero attached hydrogens (tertiary/aromatic N) is 2. The van der Waals surface area contributed by atoms with Crippen molar-refractivity contribution in [3.05, 3.63) is 23.7 Å². The van der Waals surface area contributed by atoms with Gasteiger partial charge in [0, 0.05) is 42.3 Å². The van der Waals surface area contributed by atoms with Crippen LogP contribution in [0.5, 0.6) is 0 Å². The molecule has 106 valence electrons. The second-order valence-electron chi connectivity index (χ2n) is 4.66. The van der Waals surface area contributed by atoms with Crippen molar-refractivity contribution in [1.82, 2.24) is 9.88 Å². The van der Waals surface area contributed by atoms with Crippen LogP contribution in [-0.2, 0) is 9.53 Å². The Morgan fingerprint density at radius 2 is 2.25 bits per heavy atom. The van der Waals surface area contributed by atoms with Gasteiger partial charge >= 0.3 is 0 Å². The zero-order valence-electron chi connectivity index (χ0n) is 11.2. The number of carbonyl (C=O) groups excluding carboxylic acids is 1. The molecule has 0 aromatic carbocycles. The fourth-order valence-electron chi connectivity index (χ4n) is 2.29. The first-order valence-corrected chi connectivity index (χ1v) is 7.64. The highest BCUT2D eigenvalue weighted by atomic mass is 32.1. The third-order valence-corrected chi connectivity index (χ3v) is 4.26. The molecule has 0 atom stereocenters. The Hall–Kier alpha value is -1.66. The molecule has 0 bridgehead atoms. The number of hydrogen-bond donors (Lipinski definition) is 1. The molecule has 2 aromatic heterocycles. The van der Waals surface area contributed by atoms with Gasteiger partial charge in [-0.25, -0.2) is 4.98 Å². The van der Waals surface area contributed by atoms with E-state index in [1.807, 2.05) is 11.0 Å². The van der Waals surface area contributed by atoms with Crippen LogP contribution in [0.25, 0.3) is 10.1 Å². The maximum Gasteiger partial charge on any atom is 0.224 e. The number of morpholine rings is 1. The lowest BCUT2D eigenvalue weighted by molar-refractivity contribution is -0.134. The lowest BCUT2D eigenvalue weighted by Gasteiger charge is -2.26. The number of thiophene rings is 1. The highest BCUT2D eigenvalue weighted by molar-refractivity contribution is 7.17. The van der Waals surface area contributed by atoms with Crippen LogP contribution in [0, 0.1) is 0 Å². The van der Waals surface area contributed by atoms with Crippen LogP contribution in [0.1, 0.15) is 6.42 Å². The topological polar surface area (TPSA) is 54.5 Å². The molecule has 2 aromatic rings. The molecule has 0 spiro atoms. The minimum atomic E-state index is 0.179. The van der Waals surface area contributed by atoms with E-state index in [9.17, 15) is 4.79 Å². The molecule has 3 heterocycles. The van der Waals surface area contributed by atoms with Crippen molar-refractivity contribution >= 4 is 33.1 Å². The molecule has 20 heavy (non-hydrogen) atoms. The van der Waals surface area contributed by atoms with E-state index < -0.39 is 0 Å². The molecule has 0 aliphatic carbocycles. The van der Waals surface area contributed by atoms with Gasteiger partial charge in [-0.1, -0.05) is 0 Å². The highest BCUT2D eigenvalue weighted by Gasteiger charge is 2.16. The largest absolute Gasteiger partial charge is 0.378 e. The molecule has 0 unspecified atom stereocenters. The quantitative estimate of drug-likeness (QED) is 0.935. The summed E-state index contributed by atoms with van der Waals surface area (Å²) in [5, 5.41) is 6.43. The van der Waals surface area contributed by atoms with Gasteiger partial charge in [-0.2, -0.15) is 0 Å². The average Bonchev–Trinajstić information content (AvgIpc) is 2.97. The van der Waals surface area contributed by atoms with Crippen LogP contribution >= 0.6 is 11.3 Å². The normalized spacial score (nSPS) is 15.5. The third-order valence-electron chi connectivity index (χ3n) is 3.37. The number of fused-ring (bicyclic) bond motifs is 1. The standard InChI is InChI=1S/C14H17N3O2S/c18-13(17-6-8-19-9-7-17)2-5-16-14-11-3-10-20-12(11)1-4-15-14/h1,3-4,10H,2,5-9H2,(H,15,16). The van der Waals surface area contributed by atoms with E-state index in [2.05, 4.69) is 21.7 Å². The summed E-state index contributed by atoms with van der Waals surface area (Å²) in [5.41, 5.74) is 0. The van der Waals surface area contributed by atoms with E-state index in [1.54, 1.807) is 17.5 Å². The Kier molecular flexibility index (Phi) is 4.13. The summed E-state index contributed by atoms with van der Waals surface area (Å²) >= 11 is 1.69. The van der Waals surface area contributed by atoms with Crippen molar-refractivity contribution in [2.24, 2.45) is 0 Å². The van der Waals surface area contributed by atoms with E-state index in [1.165, 1.54) is 4.70 Å². The number of amides is 1. The molecule has 1 amide bonds. The number of aromatic nitrogens is 1. The Balaban J connectivity index is 1.54. The Bertz CT molecular complexity index is 593. The molecule has 1 fully saturated rings. The second-order valence-corrected chi connectivity index (χ2v) is 5.61. The van der Waals surface area contributed by atoms with Gasteiger partial charge in [-0.05, 0) is 17.5 Å². The molecule has 0 saturated carbocycles. The summed E-state index contributed by atoms with van der Waals surface area (Å²) in [6.07, 6.45) is 2.28. The minimum Gasteiger partial charge on any atom is -0.378 e. The molecule has 1 aliphatic rings. The van der Waals surface area contributed by atoms with Gasteiger partial charge in [-0.15, -0.1) is 11.3 Å². The number of pyridine rings is 1. The first kappa shape index (κ1) is 13.3. The number of rotatable bonds is 4. The van der Waals surface area contributed by atoms with Crippen molar-refractivity contribution in [3.63, 3.8) is 0 Å². The summed E-state index contributed by atoms with van der Waals surface area (Å²) in [5.74, 6) is 1.04. The van der Waals surface area contributed by atoms with Crippen LogP contribution in [0.3, 0.4) is 0 Å².